The smallest absolute Gasteiger partial charge is 0.212 e. The van der Waals surface area contributed by atoms with Gasteiger partial charge in [0.2, 0.25) is 5.69 Å². The van der Waals surface area contributed by atoms with Crippen LogP contribution >= 0.6 is 0 Å². The predicted molar refractivity (Wildman–Crippen MR) is 156 cm³/mol. The first-order valence-corrected chi connectivity index (χ1v) is 13.0. The van der Waals surface area contributed by atoms with E-state index in [-0.39, 0.29) is 0 Å². The van der Waals surface area contributed by atoms with Gasteiger partial charge in [0.25, 0.3) is 0 Å². The van der Waals surface area contributed by atoms with Crippen molar-refractivity contribution in [2.75, 3.05) is 4.90 Å². The van der Waals surface area contributed by atoms with Gasteiger partial charge in [0, 0.05) is 23.9 Å². The lowest BCUT2D eigenvalue weighted by Gasteiger charge is -2.32. The van der Waals surface area contributed by atoms with Crippen molar-refractivity contribution < 1.29 is 9.30 Å². The molecule has 0 radical (unpaired) electrons. The fraction of sp³-hybridized carbons (Fsp3) is 0.0286. The number of fused-ring (bicyclic) bond motifs is 2. The van der Waals surface area contributed by atoms with Gasteiger partial charge in [-0.15, -0.1) is 0 Å². The number of aromatic nitrogens is 2. The Morgan fingerprint density at radius 1 is 0.564 bits per heavy atom. The van der Waals surface area contributed by atoms with E-state index in [1.165, 1.54) is 22.3 Å². The summed E-state index contributed by atoms with van der Waals surface area (Å²) in [5.41, 5.74) is 8.93. The lowest BCUT2D eigenvalue weighted by atomic mass is 9.99. The van der Waals surface area contributed by atoms with Crippen molar-refractivity contribution >= 4 is 17.2 Å². The highest BCUT2D eigenvalue weighted by Gasteiger charge is 2.27. The summed E-state index contributed by atoms with van der Waals surface area (Å²) in [6, 6.07) is 44.1. The van der Waals surface area contributed by atoms with E-state index in [9.17, 15) is 0 Å². The van der Waals surface area contributed by atoms with Gasteiger partial charge in [-0.3, -0.25) is 4.90 Å². The molecule has 4 nitrogen and oxygen atoms in total. The van der Waals surface area contributed by atoms with Gasteiger partial charge < -0.3 is 4.74 Å². The molecule has 4 heteroatoms. The number of rotatable bonds is 4. The molecule has 0 fully saturated rings. The number of benzene rings is 4. The first kappa shape index (κ1) is 22.9. The maximum Gasteiger partial charge on any atom is 0.212 e. The van der Waals surface area contributed by atoms with Gasteiger partial charge in [0.15, 0.2) is 17.7 Å². The van der Waals surface area contributed by atoms with Gasteiger partial charge in [-0.1, -0.05) is 72.8 Å². The Hall–Kier alpha value is -5.22. The summed E-state index contributed by atoms with van der Waals surface area (Å²) in [6.45, 7) is 0. The maximum atomic E-state index is 6.31. The van der Waals surface area contributed by atoms with Crippen LogP contribution < -0.4 is 14.2 Å². The molecule has 2 aromatic heterocycles. The third-order valence-corrected chi connectivity index (χ3v) is 7.18. The molecule has 0 amide bonds. The normalized spacial score (nSPS) is 11.9. The zero-order chi connectivity index (χ0) is 26.2. The van der Waals surface area contributed by atoms with E-state index in [4.69, 9.17) is 4.74 Å². The Balaban J connectivity index is 1.29. The number of hydrogen-bond donors (Lipinski definition) is 0. The molecule has 186 valence electrons. The Kier molecular flexibility index (Phi) is 5.64. The fourth-order valence-electron chi connectivity index (χ4n) is 5.17. The monoisotopic (exact) mass is 504 g/mol. The van der Waals surface area contributed by atoms with Crippen molar-refractivity contribution in [2.24, 2.45) is 7.05 Å². The Morgan fingerprint density at radius 2 is 1.23 bits per heavy atom. The quantitative estimate of drug-likeness (QED) is 0.225. The van der Waals surface area contributed by atoms with Gasteiger partial charge in [0.05, 0.1) is 11.4 Å². The zero-order valence-electron chi connectivity index (χ0n) is 21.5. The van der Waals surface area contributed by atoms with Gasteiger partial charge in [-0.2, -0.15) is 0 Å². The van der Waals surface area contributed by atoms with E-state index in [2.05, 4.69) is 113 Å². The molecule has 0 atom stereocenters. The topological polar surface area (TPSA) is 29.2 Å². The fourth-order valence-corrected chi connectivity index (χ4v) is 5.17. The van der Waals surface area contributed by atoms with E-state index in [1.54, 1.807) is 0 Å². The van der Waals surface area contributed by atoms with E-state index in [0.717, 1.165) is 39.9 Å². The zero-order valence-corrected chi connectivity index (χ0v) is 21.5. The van der Waals surface area contributed by atoms with E-state index < -0.39 is 0 Å². The summed E-state index contributed by atoms with van der Waals surface area (Å²) in [4.78, 5) is 6.84. The Bertz CT molecular complexity index is 1780. The average Bonchev–Trinajstić information content (AvgIpc) is 3.01. The Morgan fingerprint density at radius 3 is 2.03 bits per heavy atom. The van der Waals surface area contributed by atoms with Crippen molar-refractivity contribution in [3.8, 4) is 45.0 Å². The van der Waals surface area contributed by atoms with Gasteiger partial charge in [-0.05, 0) is 64.7 Å². The number of ether oxygens (including phenoxy) is 1. The van der Waals surface area contributed by atoms with Crippen molar-refractivity contribution in [1.82, 2.24) is 4.98 Å². The molecule has 0 saturated heterocycles. The van der Waals surface area contributed by atoms with Crippen LogP contribution in [-0.2, 0) is 7.05 Å². The standard InChI is InChI=1S/C35H26N3O/c1-37-22-20-28(27-16-14-26(15-17-27)25-9-3-2-4-10-25)23-31(37)29-18-19-34-32(24-29)38(35-13-7-8-21-36-35)30-11-5-6-12-33(30)39-34/h2-24H,1H3/q+1. The summed E-state index contributed by atoms with van der Waals surface area (Å²) >= 11 is 0. The number of anilines is 3. The minimum atomic E-state index is 0.804. The van der Waals surface area contributed by atoms with Crippen LogP contribution in [0.15, 0.2) is 140 Å². The highest BCUT2D eigenvalue weighted by atomic mass is 16.5. The maximum absolute atomic E-state index is 6.31. The largest absolute Gasteiger partial charge is 0.453 e. The molecule has 0 unspecified atom stereocenters. The number of para-hydroxylation sites is 2. The second kappa shape index (κ2) is 9.58. The molecule has 1 aliphatic rings. The molecule has 7 rings (SSSR count). The van der Waals surface area contributed by atoms with Gasteiger partial charge >= 0.3 is 0 Å². The third kappa shape index (κ3) is 4.22. The predicted octanol–water partition coefficient (Wildman–Crippen LogP) is 8.48. The first-order valence-electron chi connectivity index (χ1n) is 13.0. The molecule has 39 heavy (non-hydrogen) atoms. The van der Waals surface area contributed by atoms with Crippen molar-refractivity contribution in [3.63, 3.8) is 0 Å². The van der Waals surface area contributed by atoms with Crippen LogP contribution in [0, 0.1) is 0 Å². The molecule has 0 bridgehead atoms. The lowest BCUT2D eigenvalue weighted by Crippen LogP contribution is -2.30. The summed E-state index contributed by atoms with van der Waals surface area (Å²) in [7, 11) is 2.08. The number of hydrogen-bond acceptors (Lipinski definition) is 3. The molecule has 0 spiro atoms. The molecule has 6 aromatic rings. The van der Waals surface area contributed by atoms with Crippen LogP contribution in [0.3, 0.4) is 0 Å². The van der Waals surface area contributed by atoms with Gasteiger partial charge in [-0.25, -0.2) is 9.55 Å². The molecular formula is C35H26N3O+. The number of pyridine rings is 2. The first-order chi connectivity index (χ1) is 19.2. The minimum absolute atomic E-state index is 0.804. The number of nitrogens with zero attached hydrogens (tertiary/aromatic N) is 3. The van der Waals surface area contributed by atoms with E-state index >= 15 is 0 Å². The summed E-state index contributed by atoms with van der Waals surface area (Å²) in [6.07, 6.45) is 3.95. The van der Waals surface area contributed by atoms with Crippen LogP contribution in [-0.4, -0.2) is 4.98 Å². The molecular weight excluding hydrogens is 478 g/mol. The molecule has 1 aliphatic heterocycles. The summed E-state index contributed by atoms with van der Waals surface area (Å²) < 4.78 is 8.47. The third-order valence-electron chi connectivity index (χ3n) is 7.18. The molecule has 3 heterocycles. The summed E-state index contributed by atoms with van der Waals surface area (Å²) in [5.74, 6) is 2.47. The minimum Gasteiger partial charge on any atom is -0.453 e. The van der Waals surface area contributed by atoms with Crippen LogP contribution in [0.1, 0.15) is 0 Å². The van der Waals surface area contributed by atoms with Crippen LogP contribution in [0.25, 0.3) is 33.5 Å². The van der Waals surface area contributed by atoms with Crippen molar-refractivity contribution in [2.45, 2.75) is 0 Å². The summed E-state index contributed by atoms with van der Waals surface area (Å²) in [5, 5.41) is 0. The van der Waals surface area contributed by atoms with Crippen molar-refractivity contribution in [1.29, 1.82) is 0 Å². The molecule has 0 saturated carbocycles. The van der Waals surface area contributed by atoms with Crippen LogP contribution in [0.5, 0.6) is 11.5 Å². The van der Waals surface area contributed by atoms with Crippen molar-refractivity contribution in [3.05, 3.63) is 140 Å². The second-order valence-electron chi connectivity index (χ2n) is 9.63. The Labute approximate surface area is 228 Å². The second-order valence-corrected chi connectivity index (χ2v) is 9.63. The lowest BCUT2D eigenvalue weighted by molar-refractivity contribution is -0.660. The molecule has 0 aliphatic carbocycles. The highest BCUT2D eigenvalue weighted by Crippen LogP contribution is 2.50. The van der Waals surface area contributed by atoms with Crippen LogP contribution in [0.4, 0.5) is 17.2 Å². The van der Waals surface area contributed by atoms with Gasteiger partial charge in [0.1, 0.15) is 12.9 Å². The highest BCUT2D eigenvalue weighted by molar-refractivity contribution is 5.87. The van der Waals surface area contributed by atoms with E-state index in [1.807, 2.05) is 48.7 Å². The molecule has 4 aromatic carbocycles. The van der Waals surface area contributed by atoms with Crippen LogP contribution in [0.2, 0.25) is 0 Å². The molecule has 0 N–H and O–H groups in total. The van der Waals surface area contributed by atoms with E-state index in [0.29, 0.717) is 0 Å². The SMILES string of the molecule is C[n+]1ccc(-c2ccc(-c3ccccc3)cc2)cc1-c1ccc2c(c1)N(c1ccccn1)c1ccccc1O2. The average molecular weight is 505 g/mol. The number of aryl methyl sites for hydroxylation is 1.